The third kappa shape index (κ3) is 4.34. The third-order valence-electron chi connectivity index (χ3n) is 4.79. The maximum atomic E-state index is 12.5. The number of nitrogens with one attached hydrogen (secondary N) is 1. The first-order chi connectivity index (χ1) is 14.1. The standard InChI is InChI=1S/C20H20N2O6S/c23-18(21-10-13-5-6-15-16(9-13)28-12-27-15)11-26-20(25)14-3-1-7-22(14)19(24)17-4-2-8-29-17/h2,4-6,8-9,14H,1,3,7,10-12H2,(H,21,23)/t14-/m0/s1. The minimum Gasteiger partial charge on any atom is -0.454 e. The zero-order valence-corrected chi connectivity index (χ0v) is 16.4. The second-order valence-electron chi connectivity index (χ2n) is 6.71. The van der Waals surface area contributed by atoms with Crippen LogP contribution in [0.15, 0.2) is 35.7 Å². The fraction of sp³-hybridized carbons (Fsp3) is 0.350. The van der Waals surface area contributed by atoms with Gasteiger partial charge in [-0.1, -0.05) is 12.1 Å². The van der Waals surface area contributed by atoms with Crippen molar-refractivity contribution in [3.8, 4) is 11.5 Å². The Morgan fingerprint density at radius 1 is 1.21 bits per heavy atom. The largest absolute Gasteiger partial charge is 0.454 e. The molecule has 8 nitrogen and oxygen atoms in total. The van der Waals surface area contributed by atoms with Crippen LogP contribution >= 0.6 is 11.3 Å². The van der Waals surface area contributed by atoms with E-state index in [1.807, 2.05) is 11.4 Å². The molecule has 2 aliphatic heterocycles. The molecule has 2 aromatic rings. The molecule has 3 heterocycles. The van der Waals surface area contributed by atoms with Crippen LogP contribution in [0.4, 0.5) is 0 Å². The average molecular weight is 416 g/mol. The van der Waals surface area contributed by atoms with Crippen LogP contribution < -0.4 is 14.8 Å². The molecule has 0 bridgehead atoms. The van der Waals surface area contributed by atoms with Gasteiger partial charge in [-0.2, -0.15) is 0 Å². The molecule has 1 N–H and O–H groups in total. The van der Waals surface area contributed by atoms with Crippen LogP contribution in [0.1, 0.15) is 28.1 Å². The lowest BCUT2D eigenvalue weighted by atomic mass is 10.2. The molecule has 0 unspecified atom stereocenters. The molecular formula is C20H20N2O6S. The van der Waals surface area contributed by atoms with Gasteiger partial charge in [-0.15, -0.1) is 11.3 Å². The van der Waals surface area contributed by atoms with Crippen LogP contribution in [0, 0.1) is 0 Å². The summed E-state index contributed by atoms with van der Waals surface area (Å²) >= 11 is 1.34. The zero-order valence-electron chi connectivity index (χ0n) is 15.6. The number of benzene rings is 1. The van der Waals surface area contributed by atoms with Crippen LogP contribution in [0.2, 0.25) is 0 Å². The molecule has 152 valence electrons. The molecule has 0 spiro atoms. The van der Waals surface area contributed by atoms with Crippen molar-refractivity contribution < 1.29 is 28.6 Å². The average Bonchev–Trinajstić information content (AvgIpc) is 3.49. The first-order valence-corrected chi connectivity index (χ1v) is 10.2. The van der Waals surface area contributed by atoms with E-state index in [4.69, 9.17) is 14.2 Å². The summed E-state index contributed by atoms with van der Waals surface area (Å²) in [5, 5.41) is 4.52. The lowest BCUT2D eigenvalue weighted by Gasteiger charge is -2.22. The smallest absolute Gasteiger partial charge is 0.329 e. The molecule has 0 saturated carbocycles. The van der Waals surface area contributed by atoms with E-state index in [9.17, 15) is 14.4 Å². The van der Waals surface area contributed by atoms with Gasteiger partial charge in [-0.05, 0) is 42.0 Å². The number of carbonyl (C=O) groups is 3. The predicted octanol–water partition coefficient (Wildman–Crippen LogP) is 1.94. The van der Waals surface area contributed by atoms with Crippen LogP contribution in [-0.4, -0.2) is 48.7 Å². The highest BCUT2D eigenvalue weighted by atomic mass is 32.1. The Hall–Kier alpha value is -3.07. The maximum absolute atomic E-state index is 12.5. The zero-order chi connectivity index (χ0) is 20.2. The Bertz CT molecular complexity index is 914. The first-order valence-electron chi connectivity index (χ1n) is 9.28. The highest BCUT2D eigenvalue weighted by molar-refractivity contribution is 7.12. The van der Waals surface area contributed by atoms with Crippen molar-refractivity contribution in [1.29, 1.82) is 0 Å². The van der Waals surface area contributed by atoms with Gasteiger partial charge in [0.1, 0.15) is 6.04 Å². The summed E-state index contributed by atoms with van der Waals surface area (Å²) in [6, 6.07) is 8.28. The highest BCUT2D eigenvalue weighted by Crippen LogP contribution is 2.32. The quantitative estimate of drug-likeness (QED) is 0.724. The monoisotopic (exact) mass is 416 g/mol. The van der Waals surface area contributed by atoms with E-state index >= 15 is 0 Å². The van der Waals surface area contributed by atoms with Crippen molar-refractivity contribution in [2.75, 3.05) is 19.9 Å². The Labute approximate surface area is 171 Å². The number of hydrogen-bond donors (Lipinski definition) is 1. The van der Waals surface area contributed by atoms with Crippen molar-refractivity contribution in [2.45, 2.75) is 25.4 Å². The van der Waals surface area contributed by atoms with Crippen molar-refractivity contribution in [3.05, 3.63) is 46.2 Å². The van der Waals surface area contributed by atoms with Gasteiger partial charge >= 0.3 is 5.97 Å². The summed E-state index contributed by atoms with van der Waals surface area (Å²) in [6.07, 6.45) is 1.27. The Morgan fingerprint density at radius 3 is 2.90 bits per heavy atom. The Kier molecular flexibility index (Phi) is 5.66. The van der Waals surface area contributed by atoms with Gasteiger partial charge in [0.2, 0.25) is 6.79 Å². The van der Waals surface area contributed by atoms with E-state index < -0.39 is 17.9 Å². The van der Waals surface area contributed by atoms with Gasteiger partial charge < -0.3 is 24.4 Å². The lowest BCUT2D eigenvalue weighted by molar-refractivity contribution is -0.152. The number of fused-ring (bicyclic) bond motifs is 1. The van der Waals surface area contributed by atoms with E-state index in [0.29, 0.717) is 29.3 Å². The van der Waals surface area contributed by atoms with Gasteiger partial charge in [0.05, 0.1) is 4.88 Å². The van der Waals surface area contributed by atoms with Crippen molar-refractivity contribution in [1.82, 2.24) is 10.2 Å². The molecule has 0 aliphatic carbocycles. The number of nitrogens with zero attached hydrogens (tertiary/aromatic N) is 1. The molecule has 1 saturated heterocycles. The SMILES string of the molecule is O=C(COC(=O)[C@@H]1CCCN1C(=O)c1cccs1)NCc1ccc2c(c1)OCO2. The summed E-state index contributed by atoms with van der Waals surface area (Å²) in [5.74, 6) is 0.176. The number of rotatable bonds is 6. The van der Waals surface area contributed by atoms with Gasteiger partial charge in [-0.3, -0.25) is 9.59 Å². The molecule has 2 aliphatic rings. The summed E-state index contributed by atoms with van der Waals surface area (Å²) in [6.45, 7) is 0.585. The Morgan fingerprint density at radius 2 is 2.07 bits per heavy atom. The number of carbonyl (C=O) groups excluding carboxylic acids is 3. The molecule has 2 amide bonds. The number of hydrogen-bond acceptors (Lipinski definition) is 7. The minimum absolute atomic E-state index is 0.174. The maximum Gasteiger partial charge on any atom is 0.329 e. The number of amides is 2. The molecule has 1 atom stereocenters. The van der Waals surface area contributed by atoms with Crippen molar-refractivity contribution in [3.63, 3.8) is 0 Å². The van der Waals surface area contributed by atoms with Gasteiger partial charge in [-0.25, -0.2) is 4.79 Å². The van der Waals surface area contributed by atoms with E-state index in [-0.39, 0.29) is 25.9 Å². The van der Waals surface area contributed by atoms with Crippen LogP contribution in [0.25, 0.3) is 0 Å². The van der Waals surface area contributed by atoms with Crippen molar-refractivity contribution in [2.24, 2.45) is 0 Å². The predicted molar refractivity (Wildman–Crippen MR) is 104 cm³/mol. The normalized spacial score (nSPS) is 17.2. The van der Waals surface area contributed by atoms with Crippen LogP contribution in [-0.2, 0) is 20.9 Å². The third-order valence-corrected chi connectivity index (χ3v) is 5.65. The minimum atomic E-state index is -0.647. The van der Waals surface area contributed by atoms with E-state index in [0.717, 1.165) is 12.0 Å². The van der Waals surface area contributed by atoms with Crippen LogP contribution in [0.5, 0.6) is 11.5 Å². The van der Waals surface area contributed by atoms with Gasteiger partial charge in [0, 0.05) is 13.1 Å². The van der Waals surface area contributed by atoms with E-state index in [1.54, 1.807) is 24.3 Å². The fourth-order valence-corrected chi connectivity index (χ4v) is 4.01. The lowest BCUT2D eigenvalue weighted by Crippen LogP contribution is -2.42. The number of esters is 1. The number of thiophene rings is 1. The Balaban J connectivity index is 1.25. The summed E-state index contributed by atoms with van der Waals surface area (Å²) in [4.78, 5) is 39.1. The molecule has 1 fully saturated rings. The molecule has 29 heavy (non-hydrogen) atoms. The second-order valence-corrected chi connectivity index (χ2v) is 7.65. The van der Waals surface area contributed by atoms with Gasteiger partial charge in [0.25, 0.3) is 11.8 Å². The summed E-state index contributed by atoms with van der Waals surface area (Å²) in [7, 11) is 0. The molecular weight excluding hydrogens is 396 g/mol. The molecule has 1 aromatic heterocycles. The number of likely N-dealkylation sites (tertiary alicyclic amines) is 1. The number of ether oxygens (including phenoxy) is 3. The van der Waals surface area contributed by atoms with E-state index in [1.165, 1.54) is 16.2 Å². The summed E-state index contributed by atoms with van der Waals surface area (Å²) < 4.78 is 15.7. The molecule has 1 aromatic carbocycles. The molecule has 4 rings (SSSR count). The first kappa shape index (κ1) is 19.3. The van der Waals surface area contributed by atoms with E-state index in [2.05, 4.69) is 5.32 Å². The molecule has 0 radical (unpaired) electrons. The highest BCUT2D eigenvalue weighted by Gasteiger charge is 2.36. The second kappa shape index (κ2) is 8.52. The molecule has 9 heteroatoms. The van der Waals surface area contributed by atoms with Crippen molar-refractivity contribution >= 4 is 29.1 Å². The topological polar surface area (TPSA) is 94.2 Å². The van der Waals surface area contributed by atoms with Gasteiger partial charge in [0.15, 0.2) is 18.1 Å². The fourth-order valence-electron chi connectivity index (χ4n) is 3.33. The van der Waals surface area contributed by atoms with Crippen LogP contribution in [0.3, 0.4) is 0 Å². The summed E-state index contributed by atoms with van der Waals surface area (Å²) in [5.41, 5.74) is 0.845.